The number of carbonyl (C=O) groups excluding carboxylic acids is 2. The van der Waals surface area contributed by atoms with Crippen molar-refractivity contribution >= 4 is 11.8 Å². The summed E-state index contributed by atoms with van der Waals surface area (Å²) in [6.07, 6.45) is -4.39. The van der Waals surface area contributed by atoms with Crippen LogP contribution in [0.1, 0.15) is 21.5 Å². The number of nitrogens with zero attached hydrogens (tertiary/aromatic N) is 2. The molecule has 1 saturated heterocycles. The molecule has 1 fully saturated rings. The number of carbonyl (C=O) groups is 2. The van der Waals surface area contributed by atoms with Crippen molar-refractivity contribution in [2.24, 2.45) is 0 Å². The Morgan fingerprint density at radius 1 is 1.00 bits per heavy atom. The van der Waals surface area contributed by atoms with Gasteiger partial charge in [0.1, 0.15) is 5.75 Å². The van der Waals surface area contributed by atoms with Gasteiger partial charge in [-0.3, -0.25) is 14.5 Å². The van der Waals surface area contributed by atoms with Gasteiger partial charge in [-0.25, -0.2) is 0 Å². The van der Waals surface area contributed by atoms with Gasteiger partial charge in [0.15, 0.2) is 6.61 Å². The first kappa shape index (κ1) is 22.6. The fraction of sp³-hybridized carbons (Fsp3) is 0.364. The highest BCUT2D eigenvalue weighted by Gasteiger charge is 2.33. The number of hydrogen-bond acceptors (Lipinski definition) is 4. The summed E-state index contributed by atoms with van der Waals surface area (Å²) in [5, 5.41) is 2.52. The van der Waals surface area contributed by atoms with E-state index in [0.29, 0.717) is 37.5 Å². The number of amides is 2. The van der Waals surface area contributed by atoms with Gasteiger partial charge >= 0.3 is 6.18 Å². The molecule has 3 rings (SSSR count). The minimum Gasteiger partial charge on any atom is -0.483 e. The number of hydrogen-bond donors (Lipinski definition) is 1. The van der Waals surface area contributed by atoms with Crippen molar-refractivity contribution in [1.82, 2.24) is 15.1 Å². The van der Waals surface area contributed by atoms with E-state index in [1.165, 1.54) is 19.2 Å². The molecule has 0 bridgehead atoms. The van der Waals surface area contributed by atoms with Crippen molar-refractivity contribution in [3.05, 3.63) is 65.2 Å². The molecule has 1 aliphatic heterocycles. The van der Waals surface area contributed by atoms with Gasteiger partial charge in [0.05, 0.1) is 11.1 Å². The number of halogens is 3. The molecule has 1 aliphatic rings. The van der Waals surface area contributed by atoms with E-state index < -0.39 is 11.7 Å². The van der Waals surface area contributed by atoms with Crippen molar-refractivity contribution < 1.29 is 27.5 Å². The second kappa shape index (κ2) is 9.82. The Hall–Kier alpha value is -3.07. The summed E-state index contributed by atoms with van der Waals surface area (Å²) in [6.45, 7) is 1.68. The Morgan fingerprint density at radius 3 is 2.32 bits per heavy atom. The number of alkyl halides is 3. The molecule has 2 amide bonds. The average Bonchev–Trinajstić information content (AvgIpc) is 2.77. The van der Waals surface area contributed by atoms with Crippen LogP contribution in [0, 0.1) is 0 Å². The summed E-state index contributed by atoms with van der Waals surface area (Å²) in [4.78, 5) is 27.9. The molecule has 0 atom stereocenters. The zero-order chi connectivity index (χ0) is 22.4. The van der Waals surface area contributed by atoms with Crippen LogP contribution in [0.3, 0.4) is 0 Å². The maximum absolute atomic E-state index is 13.2. The molecule has 1 heterocycles. The first-order valence-electron chi connectivity index (χ1n) is 9.88. The predicted molar refractivity (Wildman–Crippen MR) is 109 cm³/mol. The Bertz CT molecular complexity index is 925. The highest BCUT2D eigenvalue weighted by atomic mass is 19.4. The van der Waals surface area contributed by atoms with E-state index in [4.69, 9.17) is 4.74 Å². The van der Waals surface area contributed by atoms with Crippen LogP contribution in [0.2, 0.25) is 0 Å². The van der Waals surface area contributed by atoms with Crippen LogP contribution in [-0.4, -0.2) is 61.4 Å². The van der Waals surface area contributed by atoms with Crippen LogP contribution in [0.5, 0.6) is 5.75 Å². The molecule has 6 nitrogen and oxygen atoms in total. The number of rotatable bonds is 6. The first-order chi connectivity index (χ1) is 14.8. The third kappa shape index (κ3) is 5.75. The Kier molecular flexibility index (Phi) is 7.17. The SMILES string of the molecule is CNC(=O)c1ccccc1OCC(=O)N1CCN(Cc2ccccc2C(F)(F)F)CC1. The van der Waals surface area contributed by atoms with E-state index in [0.717, 1.165) is 6.07 Å². The standard InChI is InChI=1S/C22H24F3N3O3/c1-26-21(30)17-7-3-5-9-19(17)31-15-20(29)28-12-10-27(11-13-28)14-16-6-2-4-8-18(16)22(23,24)25/h2-9H,10-15H2,1H3,(H,26,30). The molecule has 0 unspecified atom stereocenters. The lowest BCUT2D eigenvalue weighted by molar-refractivity contribution is -0.138. The number of ether oxygens (including phenoxy) is 1. The van der Waals surface area contributed by atoms with Gasteiger partial charge in [0.25, 0.3) is 11.8 Å². The minimum absolute atomic E-state index is 0.174. The van der Waals surface area contributed by atoms with E-state index in [9.17, 15) is 22.8 Å². The molecule has 1 N–H and O–H groups in total. The average molecular weight is 435 g/mol. The van der Waals surface area contributed by atoms with E-state index in [2.05, 4.69) is 5.32 Å². The highest BCUT2D eigenvalue weighted by Crippen LogP contribution is 2.32. The molecule has 0 saturated carbocycles. The maximum atomic E-state index is 13.2. The van der Waals surface area contributed by atoms with Gasteiger partial charge in [0.2, 0.25) is 0 Å². The van der Waals surface area contributed by atoms with Gasteiger partial charge < -0.3 is 15.0 Å². The second-order valence-electron chi connectivity index (χ2n) is 7.18. The summed E-state index contributed by atoms with van der Waals surface area (Å²) >= 11 is 0. The molecule has 166 valence electrons. The van der Waals surface area contributed by atoms with Crippen molar-refractivity contribution in [3.8, 4) is 5.75 Å². The zero-order valence-corrected chi connectivity index (χ0v) is 17.1. The minimum atomic E-state index is -4.39. The van der Waals surface area contributed by atoms with Gasteiger partial charge in [-0.15, -0.1) is 0 Å². The topological polar surface area (TPSA) is 61.9 Å². The van der Waals surface area contributed by atoms with Crippen LogP contribution in [0.4, 0.5) is 13.2 Å². The Balaban J connectivity index is 1.53. The Labute approximate surface area is 178 Å². The van der Waals surface area contributed by atoms with Crippen molar-refractivity contribution in [2.75, 3.05) is 39.8 Å². The fourth-order valence-corrected chi connectivity index (χ4v) is 3.48. The molecular formula is C22H24F3N3O3. The summed E-state index contributed by atoms with van der Waals surface area (Å²) in [6, 6.07) is 12.2. The normalized spacial score (nSPS) is 14.9. The Morgan fingerprint density at radius 2 is 1.65 bits per heavy atom. The van der Waals surface area contributed by atoms with Gasteiger partial charge in [0, 0.05) is 39.8 Å². The van der Waals surface area contributed by atoms with Crippen LogP contribution in [0.25, 0.3) is 0 Å². The lowest BCUT2D eigenvalue weighted by atomic mass is 10.1. The van der Waals surface area contributed by atoms with E-state index in [1.807, 2.05) is 4.90 Å². The third-order valence-corrected chi connectivity index (χ3v) is 5.15. The highest BCUT2D eigenvalue weighted by molar-refractivity contribution is 5.96. The largest absolute Gasteiger partial charge is 0.483 e. The summed E-state index contributed by atoms with van der Waals surface area (Å²) < 4.78 is 45.1. The fourth-order valence-electron chi connectivity index (χ4n) is 3.48. The number of piperazine rings is 1. The first-order valence-corrected chi connectivity index (χ1v) is 9.88. The molecule has 2 aromatic carbocycles. The van der Waals surface area contributed by atoms with Crippen LogP contribution >= 0.6 is 0 Å². The van der Waals surface area contributed by atoms with Crippen molar-refractivity contribution in [3.63, 3.8) is 0 Å². The summed E-state index contributed by atoms with van der Waals surface area (Å²) in [5.74, 6) is -0.226. The third-order valence-electron chi connectivity index (χ3n) is 5.15. The number of benzene rings is 2. The maximum Gasteiger partial charge on any atom is 0.416 e. The van der Waals surface area contributed by atoms with Crippen LogP contribution < -0.4 is 10.1 Å². The lowest BCUT2D eigenvalue weighted by Crippen LogP contribution is -2.49. The molecule has 0 aromatic heterocycles. The number of para-hydroxylation sites is 1. The smallest absolute Gasteiger partial charge is 0.416 e. The van der Waals surface area contributed by atoms with Gasteiger partial charge in [-0.1, -0.05) is 30.3 Å². The summed E-state index contributed by atoms with van der Waals surface area (Å²) in [7, 11) is 1.51. The molecule has 0 spiro atoms. The monoisotopic (exact) mass is 435 g/mol. The molecule has 31 heavy (non-hydrogen) atoms. The summed E-state index contributed by atoms with van der Waals surface area (Å²) in [5.41, 5.74) is -0.0634. The van der Waals surface area contributed by atoms with Crippen molar-refractivity contribution in [1.29, 1.82) is 0 Å². The quantitative estimate of drug-likeness (QED) is 0.758. The van der Waals surface area contributed by atoms with E-state index >= 15 is 0 Å². The molecule has 9 heteroatoms. The molecule has 2 aromatic rings. The van der Waals surface area contributed by atoms with Gasteiger partial charge in [-0.2, -0.15) is 13.2 Å². The number of nitrogens with one attached hydrogen (secondary N) is 1. The van der Waals surface area contributed by atoms with Crippen LogP contribution in [0.15, 0.2) is 48.5 Å². The zero-order valence-electron chi connectivity index (χ0n) is 17.1. The van der Waals surface area contributed by atoms with E-state index in [-0.39, 0.29) is 30.5 Å². The van der Waals surface area contributed by atoms with Gasteiger partial charge in [-0.05, 0) is 23.8 Å². The van der Waals surface area contributed by atoms with Crippen LogP contribution in [-0.2, 0) is 17.5 Å². The van der Waals surface area contributed by atoms with E-state index in [1.54, 1.807) is 35.2 Å². The molecular weight excluding hydrogens is 411 g/mol. The predicted octanol–water partition coefficient (Wildman–Crippen LogP) is 2.79. The molecule has 0 radical (unpaired) electrons. The lowest BCUT2D eigenvalue weighted by Gasteiger charge is -2.35. The molecule has 0 aliphatic carbocycles. The second-order valence-corrected chi connectivity index (χ2v) is 7.18. The van der Waals surface area contributed by atoms with Crippen molar-refractivity contribution in [2.45, 2.75) is 12.7 Å².